The van der Waals surface area contributed by atoms with E-state index in [1.54, 1.807) is 7.11 Å². The maximum Gasteiger partial charge on any atom is 0.317 e. The van der Waals surface area contributed by atoms with Gasteiger partial charge in [0.15, 0.2) is 0 Å². The molecular weight excluding hydrogens is 350 g/mol. The monoisotopic (exact) mass is 385 g/mol. The molecule has 1 aliphatic carbocycles. The lowest BCUT2D eigenvalue weighted by atomic mass is 9.66. The molecule has 5 nitrogen and oxygen atoms in total. The Balaban J connectivity index is 1.33. The second kappa shape index (κ2) is 8.83. The zero-order chi connectivity index (χ0) is 19.4. The van der Waals surface area contributed by atoms with Crippen molar-refractivity contribution in [1.82, 2.24) is 15.1 Å². The van der Waals surface area contributed by atoms with Crippen LogP contribution >= 0.6 is 0 Å². The quantitative estimate of drug-likeness (QED) is 0.757. The Bertz CT molecular complexity index is 637. The molecule has 2 heterocycles. The van der Waals surface area contributed by atoms with Gasteiger partial charge in [0.25, 0.3) is 0 Å². The standard InChI is InChI=1S/C23H35N3O2/c1-28-17-7-14-24-22(27)25-15-10-20(11-16-25)26-18-23(12-5-6-13-23)21(26)19-8-3-2-4-9-19/h2-4,8-9,20-21H,5-7,10-18H2,1H3,(H,24,27). The van der Waals surface area contributed by atoms with Gasteiger partial charge >= 0.3 is 6.03 Å². The average Bonchev–Trinajstić information content (AvgIpc) is 3.22. The second-order valence-electron chi connectivity index (χ2n) is 8.85. The molecule has 3 fully saturated rings. The van der Waals surface area contributed by atoms with E-state index in [1.165, 1.54) is 37.8 Å². The summed E-state index contributed by atoms with van der Waals surface area (Å²) >= 11 is 0. The molecule has 1 aromatic carbocycles. The van der Waals surface area contributed by atoms with Gasteiger partial charge in [-0.15, -0.1) is 0 Å². The van der Waals surface area contributed by atoms with Crippen LogP contribution in [0.15, 0.2) is 30.3 Å². The molecule has 0 bridgehead atoms. The number of hydrogen-bond acceptors (Lipinski definition) is 3. The normalized spacial score (nSPS) is 25.0. The van der Waals surface area contributed by atoms with Crippen LogP contribution in [0.3, 0.4) is 0 Å². The minimum Gasteiger partial charge on any atom is -0.385 e. The van der Waals surface area contributed by atoms with E-state index >= 15 is 0 Å². The molecule has 1 atom stereocenters. The fraction of sp³-hybridized carbons (Fsp3) is 0.696. The van der Waals surface area contributed by atoms with Crippen molar-refractivity contribution in [3.05, 3.63) is 35.9 Å². The maximum atomic E-state index is 12.4. The zero-order valence-corrected chi connectivity index (χ0v) is 17.2. The van der Waals surface area contributed by atoms with Crippen LogP contribution in [0.1, 0.15) is 56.6 Å². The van der Waals surface area contributed by atoms with Gasteiger partial charge in [0.2, 0.25) is 0 Å². The molecule has 3 aliphatic rings. The molecule has 28 heavy (non-hydrogen) atoms. The summed E-state index contributed by atoms with van der Waals surface area (Å²) in [4.78, 5) is 17.1. The number of piperidine rings is 1. The number of urea groups is 1. The lowest BCUT2D eigenvalue weighted by molar-refractivity contribution is -0.110. The first kappa shape index (κ1) is 19.7. The maximum absolute atomic E-state index is 12.4. The van der Waals surface area contributed by atoms with E-state index in [9.17, 15) is 4.79 Å². The Morgan fingerprint density at radius 2 is 1.89 bits per heavy atom. The molecule has 1 unspecified atom stereocenters. The van der Waals surface area contributed by atoms with Crippen molar-refractivity contribution in [3.63, 3.8) is 0 Å². The first-order chi connectivity index (χ1) is 13.7. The Hall–Kier alpha value is -1.59. The van der Waals surface area contributed by atoms with E-state index in [4.69, 9.17) is 4.74 Å². The van der Waals surface area contributed by atoms with E-state index in [-0.39, 0.29) is 6.03 Å². The molecule has 2 aliphatic heterocycles. The van der Waals surface area contributed by atoms with E-state index in [0.29, 0.717) is 30.7 Å². The number of nitrogens with one attached hydrogen (secondary N) is 1. The topological polar surface area (TPSA) is 44.8 Å². The van der Waals surface area contributed by atoms with Crippen LogP contribution in [0.5, 0.6) is 0 Å². The number of carbonyl (C=O) groups excluding carboxylic acids is 1. The summed E-state index contributed by atoms with van der Waals surface area (Å²) in [5.41, 5.74) is 2.01. The van der Waals surface area contributed by atoms with Crippen molar-refractivity contribution in [2.24, 2.45) is 5.41 Å². The summed E-state index contributed by atoms with van der Waals surface area (Å²) in [5, 5.41) is 3.03. The fourth-order valence-corrected chi connectivity index (χ4v) is 5.74. The molecular formula is C23H35N3O2. The fourth-order valence-electron chi connectivity index (χ4n) is 5.74. The summed E-state index contributed by atoms with van der Waals surface area (Å²) in [5.74, 6) is 0. The first-order valence-corrected chi connectivity index (χ1v) is 11.1. The average molecular weight is 386 g/mol. The van der Waals surface area contributed by atoms with Crippen molar-refractivity contribution in [3.8, 4) is 0 Å². The molecule has 1 N–H and O–H groups in total. The lowest BCUT2D eigenvalue weighted by Gasteiger charge is -2.60. The van der Waals surface area contributed by atoms with E-state index < -0.39 is 0 Å². The third-order valence-corrected chi connectivity index (χ3v) is 7.15. The molecule has 1 spiro atoms. The van der Waals surface area contributed by atoms with Gasteiger partial charge in [0.1, 0.15) is 0 Å². The number of ether oxygens (including phenoxy) is 1. The molecule has 2 saturated heterocycles. The third kappa shape index (κ3) is 3.92. The number of rotatable bonds is 6. The van der Waals surface area contributed by atoms with Crippen molar-refractivity contribution >= 4 is 6.03 Å². The molecule has 0 aromatic heterocycles. The van der Waals surface area contributed by atoms with Gasteiger partial charge in [-0.25, -0.2) is 4.79 Å². The van der Waals surface area contributed by atoms with Gasteiger partial charge in [0.05, 0.1) is 0 Å². The number of hydrogen-bond donors (Lipinski definition) is 1. The zero-order valence-electron chi connectivity index (χ0n) is 17.2. The highest BCUT2D eigenvalue weighted by atomic mass is 16.5. The largest absolute Gasteiger partial charge is 0.385 e. The molecule has 5 heteroatoms. The van der Waals surface area contributed by atoms with Crippen LogP contribution < -0.4 is 5.32 Å². The lowest BCUT2D eigenvalue weighted by Crippen LogP contribution is -2.62. The smallest absolute Gasteiger partial charge is 0.317 e. The van der Waals surface area contributed by atoms with Gasteiger partial charge < -0.3 is 15.0 Å². The summed E-state index contributed by atoms with van der Waals surface area (Å²) in [7, 11) is 1.70. The van der Waals surface area contributed by atoms with Gasteiger partial charge in [0, 0.05) is 57.4 Å². The molecule has 4 rings (SSSR count). The summed E-state index contributed by atoms with van der Waals surface area (Å²) in [6.07, 6.45) is 8.58. The Kier molecular flexibility index (Phi) is 6.22. The Labute approximate surface area is 169 Å². The highest BCUT2D eigenvalue weighted by Crippen LogP contribution is 2.59. The number of methoxy groups -OCH3 is 1. The van der Waals surface area contributed by atoms with Crippen LogP contribution in [-0.4, -0.2) is 61.8 Å². The van der Waals surface area contributed by atoms with Crippen LogP contribution in [0.25, 0.3) is 0 Å². The second-order valence-corrected chi connectivity index (χ2v) is 8.85. The Morgan fingerprint density at radius 3 is 2.57 bits per heavy atom. The van der Waals surface area contributed by atoms with Gasteiger partial charge in [-0.05, 0) is 37.7 Å². The Morgan fingerprint density at radius 1 is 1.18 bits per heavy atom. The number of carbonyl (C=O) groups is 1. The van der Waals surface area contributed by atoms with E-state index in [1.807, 2.05) is 4.90 Å². The van der Waals surface area contributed by atoms with Crippen LogP contribution in [-0.2, 0) is 4.74 Å². The van der Waals surface area contributed by atoms with Crippen LogP contribution in [0.4, 0.5) is 4.79 Å². The molecule has 2 amide bonds. The molecule has 154 valence electrons. The number of amides is 2. The molecule has 1 saturated carbocycles. The summed E-state index contributed by atoms with van der Waals surface area (Å²) < 4.78 is 5.04. The predicted octanol–water partition coefficient (Wildman–Crippen LogP) is 3.81. The predicted molar refractivity (Wildman–Crippen MR) is 111 cm³/mol. The highest BCUT2D eigenvalue weighted by Gasteiger charge is 2.55. The van der Waals surface area contributed by atoms with Gasteiger partial charge in [-0.2, -0.15) is 0 Å². The molecule has 0 radical (unpaired) electrons. The number of likely N-dealkylation sites (tertiary alicyclic amines) is 2. The summed E-state index contributed by atoms with van der Waals surface area (Å²) in [6, 6.07) is 12.4. The van der Waals surface area contributed by atoms with Crippen molar-refractivity contribution in [1.29, 1.82) is 0 Å². The SMILES string of the molecule is COCCCNC(=O)N1CCC(N2CC3(CCCC3)C2c2ccccc2)CC1. The third-order valence-electron chi connectivity index (χ3n) is 7.15. The van der Waals surface area contributed by atoms with E-state index in [0.717, 1.165) is 32.4 Å². The molecule has 1 aromatic rings. The van der Waals surface area contributed by atoms with Gasteiger partial charge in [-0.1, -0.05) is 43.2 Å². The van der Waals surface area contributed by atoms with Gasteiger partial charge in [-0.3, -0.25) is 4.90 Å². The minimum atomic E-state index is 0.0880. The van der Waals surface area contributed by atoms with Crippen LogP contribution in [0.2, 0.25) is 0 Å². The van der Waals surface area contributed by atoms with Crippen molar-refractivity contribution in [2.45, 2.75) is 57.0 Å². The highest BCUT2D eigenvalue weighted by molar-refractivity contribution is 5.74. The number of benzene rings is 1. The first-order valence-electron chi connectivity index (χ1n) is 11.1. The van der Waals surface area contributed by atoms with Crippen molar-refractivity contribution < 1.29 is 9.53 Å². The van der Waals surface area contributed by atoms with Crippen molar-refractivity contribution in [2.75, 3.05) is 39.9 Å². The van der Waals surface area contributed by atoms with Crippen LogP contribution in [0, 0.1) is 5.41 Å². The van der Waals surface area contributed by atoms with E-state index in [2.05, 4.69) is 40.5 Å². The minimum absolute atomic E-state index is 0.0880. The number of nitrogens with zero attached hydrogens (tertiary/aromatic N) is 2. The summed E-state index contributed by atoms with van der Waals surface area (Å²) in [6.45, 7) is 4.37.